The predicted octanol–water partition coefficient (Wildman–Crippen LogP) is 0.527. The minimum absolute atomic E-state index is 0.818. The predicted molar refractivity (Wildman–Crippen MR) is 61.6 cm³/mol. The fourth-order valence-electron chi connectivity index (χ4n) is 1.66. The van der Waals surface area contributed by atoms with Crippen LogP contribution in [-0.4, -0.2) is 50.7 Å². The van der Waals surface area contributed by atoms with E-state index in [9.17, 15) is 0 Å². The third kappa shape index (κ3) is 4.94. The molecule has 0 radical (unpaired) electrons. The fourth-order valence-corrected chi connectivity index (χ4v) is 1.66. The summed E-state index contributed by atoms with van der Waals surface area (Å²) in [4.78, 5) is 2.53. The molecule has 0 aromatic carbocycles. The van der Waals surface area contributed by atoms with Gasteiger partial charge in [-0.3, -0.25) is 4.90 Å². The zero-order valence-corrected chi connectivity index (χ0v) is 9.68. The summed E-state index contributed by atoms with van der Waals surface area (Å²) in [5.41, 5.74) is 0. The van der Waals surface area contributed by atoms with Crippen LogP contribution in [0.1, 0.15) is 20.3 Å². The molecule has 0 saturated carbocycles. The van der Waals surface area contributed by atoms with Crippen LogP contribution in [0.2, 0.25) is 0 Å². The van der Waals surface area contributed by atoms with Crippen molar-refractivity contribution < 1.29 is 0 Å². The van der Waals surface area contributed by atoms with Gasteiger partial charge in [-0.1, -0.05) is 20.3 Å². The van der Waals surface area contributed by atoms with Gasteiger partial charge in [-0.15, -0.1) is 0 Å². The van der Waals surface area contributed by atoms with E-state index < -0.39 is 0 Å². The van der Waals surface area contributed by atoms with Crippen molar-refractivity contribution in [1.29, 1.82) is 0 Å². The Labute approximate surface area is 88.2 Å². The Morgan fingerprint density at radius 2 is 2.07 bits per heavy atom. The third-order valence-corrected chi connectivity index (χ3v) is 3.00. The van der Waals surface area contributed by atoms with Crippen molar-refractivity contribution in [3.05, 3.63) is 0 Å². The molecule has 1 atom stereocenters. The lowest BCUT2D eigenvalue weighted by Gasteiger charge is -2.27. The highest BCUT2D eigenvalue weighted by atomic mass is 15.2. The van der Waals surface area contributed by atoms with Gasteiger partial charge >= 0.3 is 0 Å². The second-order valence-electron chi connectivity index (χ2n) is 4.31. The van der Waals surface area contributed by atoms with Gasteiger partial charge < -0.3 is 10.6 Å². The van der Waals surface area contributed by atoms with Crippen molar-refractivity contribution in [3.63, 3.8) is 0 Å². The van der Waals surface area contributed by atoms with Crippen LogP contribution in [0.25, 0.3) is 0 Å². The molecule has 0 amide bonds. The summed E-state index contributed by atoms with van der Waals surface area (Å²) in [6.07, 6.45) is 1.28. The molecule has 0 aromatic heterocycles. The van der Waals surface area contributed by atoms with Crippen LogP contribution in [0.4, 0.5) is 0 Å². The largest absolute Gasteiger partial charge is 0.315 e. The van der Waals surface area contributed by atoms with Gasteiger partial charge in [0.1, 0.15) is 0 Å². The summed E-state index contributed by atoms with van der Waals surface area (Å²) in [5, 5.41) is 6.89. The molecule has 0 aliphatic carbocycles. The zero-order valence-electron chi connectivity index (χ0n) is 9.68. The number of hydrogen-bond acceptors (Lipinski definition) is 3. The Hall–Kier alpha value is -0.120. The minimum atomic E-state index is 0.818. The Morgan fingerprint density at radius 1 is 1.36 bits per heavy atom. The van der Waals surface area contributed by atoms with E-state index in [0.29, 0.717) is 0 Å². The average Bonchev–Trinajstić information content (AvgIpc) is 2.25. The van der Waals surface area contributed by atoms with Crippen molar-refractivity contribution >= 4 is 0 Å². The maximum Gasteiger partial charge on any atom is 0.0108 e. The van der Waals surface area contributed by atoms with Crippen LogP contribution < -0.4 is 10.6 Å². The van der Waals surface area contributed by atoms with Crippen LogP contribution in [0.15, 0.2) is 0 Å². The first-order valence-corrected chi connectivity index (χ1v) is 5.96. The van der Waals surface area contributed by atoms with Crippen LogP contribution in [0.3, 0.4) is 0 Å². The normalized spacial score (nSPS) is 21.0. The summed E-state index contributed by atoms with van der Waals surface area (Å²) in [5.74, 6) is 0.818. The smallest absolute Gasteiger partial charge is 0.0108 e. The van der Waals surface area contributed by atoms with Crippen molar-refractivity contribution in [2.45, 2.75) is 20.3 Å². The maximum atomic E-state index is 3.52. The first kappa shape index (κ1) is 12.0. The molecule has 14 heavy (non-hydrogen) atoms. The number of hydrogen-bond donors (Lipinski definition) is 2. The van der Waals surface area contributed by atoms with Crippen LogP contribution in [0, 0.1) is 5.92 Å². The second kappa shape index (κ2) is 7.21. The molecule has 1 aliphatic heterocycles. The van der Waals surface area contributed by atoms with E-state index in [1.54, 1.807) is 0 Å². The summed E-state index contributed by atoms with van der Waals surface area (Å²) in [7, 11) is 0. The Bertz CT molecular complexity index is 132. The first-order chi connectivity index (χ1) is 6.83. The molecule has 0 bridgehead atoms. The highest BCUT2D eigenvalue weighted by Crippen LogP contribution is 1.97. The molecular formula is C11H25N3. The van der Waals surface area contributed by atoms with Crippen molar-refractivity contribution in [2.75, 3.05) is 45.8 Å². The van der Waals surface area contributed by atoms with E-state index >= 15 is 0 Å². The lowest BCUT2D eigenvalue weighted by molar-refractivity contribution is 0.240. The van der Waals surface area contributed by atoms with E-state index in [1.165, 1.54) is 32.6 Å². The van der Waals surface area contributed by atoms with Gasteiger partial charge in [0, 0.05) is 39.3 Å². The van der Waals surface area contributed by atoms with Gasteiger partial charge in [0.2, 0.25) is 0 Å². The topological polar surface area (TPSA) is 27.3 Å². The van der Waals surface area contributed by atoms with E-state index in [4.69, 9.17) is 0 Å². The van der Waals surface area contributed by atoms with Crippen LogP contribution >= 0.6 is 0 Å². The quantitative estimate of drug-likeness (QED) is 0.611. The Kier molecular flexibility index (Phi) is 6.15. The molecule has 0 spiro atoms. The Morgan fingerprint density at radius 3 is 2.71 bits per heavy atom. The minimum Gasteiger partial charge on any atom is -0.315 e. The molecule has 1 heterocycles. The number of piperazine rings is 1. The third-order valence-electron chi connectivity index (χ3n) is 3.00. The van der Waals surface area contributed by atoms with Gasteiger partial charge in [-0.25, -0.2) is 0 Å². The highest BCUT2D eigenvalue weighted by Gasteiger charge is 2.08. The SMILES string of the molecule is CCC(C)CNCCN1CCNCC1. The summed E-state index contributed by atoms with van der Waals surface area (Å²) < 4.78 is 0. The molecule has 3 nitrogen and oxygen atoms in total. The van der Waals surface area contributed by atoms with Crippen molar-refractivity contribution in [3.8, 4) is 0 Å². The number of rotatable bonds is 6. The molecule has 1 fully saturated rings. The average molecular weight is 199 g/mol. The van der Waals surface area contributed by atoms with Gasteiger partial charge in [0.05, 0.1) is 0 Å². The summed E-state index contributed by atoms with van der Waals surface area (Å²) in [6, 6.07) is 0. The summed E-state index contributed by atoms with van der Waals surface area (Å²) in [6.45, 7) is 12.8. The molecule has 84 valence electrons. The lowest BCUT2D eigenvalue weighted by Crippen LogP contribution is -2.46. The molecule has 1 aliphatic rings. The molecule has 1 unspecified atom stereocenters. The Balaban J connectivity index is 1.92. The molecular weight excluding hydrogens is 174 g/mol. The van der Waals surface area contributed by atoms with Crippen LogP contribution in [0.5, 0.6) is 0 Å². The zero-order chi connectivity index (χ0) is 10.2. The molecule has 1 saturated heterocycles. The first-order valence-electron chi connectivity index (χ1n) is 5.96. The van der Waals surface area contributed by atoms with Gasteiger partial charge in [-0.05, 0) is 12.5 Å². The van der Waals surface area contributed by atoms with E-state index in [0.717, 1.165) is 25.6 Å². The van der Waals surface area contributed by atoms with Crippen molar-refractivity contribution in [1.82, 2.24) is 15.5 Å². The van der Waals surface area contributed by atoms with E-state index in [2.05, 4.69) is 29.4 Å². The van der Waals surface area contributed by atoms with Crippen molar-refractivity contribution in [2.24, 2.45) is 5.92 Å². The monoisotopic (exact) mass is 199 g/mol. The number of nitrogens with one attached hydrogen (secondary N) is 2. The fraction of sp³-hybridized carbons (Fsp3) is 1.00. The molecule has 1 rings (SSSR count). The van der Waals surface area contributed by atoms with E-state index in [-0.39, 0.29) is 0 Å². The molecule has 2 N–H and O–H groups in total. The highest BCUT2D eigenvalue weighted by molar-refractivity contribution is 4.68. The maximum absolute atomic E-state index is 3.52. The van der Waals surface area contributed by atoms with Gasteiger partial charge in [0.15, 0.2) is 0 Å². The van der Waals surface area contributed by atoms with E-state index in [1.807, 2.05) is 0 Å². The standard InChI is InChI=1S/C11H25N3/c1-3-11(2)10-13-6-9-14-7-4-12-5-8-14/h11-13H,3-10H2,1-2H3. The molecule has 0 aromatic rings. The van der Waals surface area contributed by atoms with Gasteiger partial charge in [-0.2, -0.15) is 0 Å². The van der Waals surface area contributed by atoms with Crippen LogP contribution in [-0.2, 0) is 0 Å². The number of nitrogens with zero attached hydrogens (tertiary/aromatic N) is 1. The molecule has 3 heteroatoms. The lowest BCUT2D eigenvalue weighted by atomic mass is 10.1. The second-order valence-corrected chi connectivity index (χ2v) is 4.31. The van der Waals surface area contributed by atoms with Gasteiger partial charge in [0.25, 0.3) is 0 Å². The summed E-state index contributed by atoms with van der Waals surface area (Å²) >= 11 is 0.